The number of nitrogens with zero attached hydrogens (tertiary/aromatic N) is 1. The maximum atomic E-state index is 12.5. The van der Waals surface area contributed by atoms with Gasteiger partial charge in [-0.2, -0.15) is 0 Å². The number of rotatable bonds is 4. The Kier molecular flexibility index (Phi) is 6.42. The molecule has 2 rings (SSSR count). The number of hydrogen-bond donors (Lipinski definition) is 0. The minimum absolute atomic E-state index is 0.376. The van der Waals surface area contributed by atoms with E-state index in [1.54, 1.807) is 20.8 Å². The van der Waals surface area contributed by atoms with Gasteiger partial charge in [0.15, 0.2) is 6.04 Å². The molecule has 0 radical (unpaired) electrons. The molecule has 1 aromatic rings. The number of carbonyl (C=O) groups is 2. The van der Waals surface area contributed by atoms with Gasteiger partial charge in [0.05, 0.1) is 19.8 Å². The van der Waals surface area contributed by atoms with Crippen molar-refractivity contribution in [3.8, 4) is 0 Å². The fourth-order valence-corrected chi connectivity index (χ4v) is 2.84. The van der Waals surface area contributed by atoms with Crippen LogP contribution in [0.5, 0.6) is 0 Å². The van der Waals surface area contributed by atoms with Gasteiger partial charge in [-0.3, -0.25) is 4.90 Å². The summed E-state index contributed by atoms with van der Waals surface area (Å²) in [6.07, 6.45) is 0.489. The van der Waals surface area contributed by atoms with Crippen LogP contribution in [0.1, 0.15) is 39.2 Å². The molecule has 0 aliphatic carbocycles. The lowest BCUT2D eigenvalue weighted by molar-refractivity contribution is -0.157. The van der Waals surface area contributed by atoms with Gasteiger partial charge in [-0.15, -0.1) is 0 Å². The highest BCUT2D eigenvalue weighted by Gasteiger charge is 2.42. The summed E-state index contributed by atoms with van der Waals surface area (Å²) in [5.41, 5.74) is 0.385. The summed E-state index contributed by atoms with van der Waals surface area (Å²) in [7, 11) is 1.32. The lowest BCUT2D eigenvalue weighted by Gasteiger charge is -2.39. The van der Waals surface area contributed by atoms with Crippen LogP contribution in [0.25, 0.3) is 0 Å². The first-order valence-electron chi connectivity index (χ1n) is 8.55. The maximum absolute atomic E-state index is 12.5. The van der Waals surface area contributed by atoms with Crippen molar-refractivity contribution >= 4 is 12.1 Å². The molecule has 1 heterocycles. The highest BCUT2D eigenvalue weighted by Crippen LogP contribution is 2.25. The third-order valence-electron chi connectivity index (χ3n) is 3.95. The number of hydrogen-bond acceptors (Lipinski definition) is 5. The molecule has 25 heavy (non-hydrogen) atoms. The summed E-state index contributed by atoms with van der Waals surface area (Å²) in [6.45, 7) is 6.21. The SMILES string of the molecule is COC(=O)[C@H]1[C@H](OCc2ccccc2)CCCN1C(=O)OC(C)(C)C. The number of piperidine rings is 1. The van der Waals surface area contributed by atoms with Gasteiger partial charge in [0.25, 0.3) is 0 Å². The monoisotopic (exact) mass is 349 g/mol. The van der Waals surface area contributed by atoms with Crippen molar-refractivity contribution in [2.24, 2.45) is 0 Å². The second-order valence-corrected chi connectivity index (χ2v) is 7.12. The third-order valence-corrected chi connectivity index (χ3v) is 3.95. The normalized spacial score (nSPS) is 20.9. The molecule has 0 unspecified atom stereocenters. The van der Waals surface area contributed by atoms with Crippen molar-refractivity contribution in [1.29, 1.82) is 0 Å². The fraction of sp³-hybridized carbons (Fsp3) is 0.579. The molecule has 6 heteroatoms. The molecule has 6 nitrogen and oxygen atoms in total. The molecule has 138 valence electrons. The largest absolute Gasteiger partial charge is 0.467 e. The molecule has 2 atom stereocenters. The van der Waals surface area contributed by atoms with Gasteiger partial charge >= 0.3 is 12.1 Å². The number of ether oxygens (including phenoxy) is 3. The Hall–Kier alpha value is -2.08. The zero-order chi connectivity index (χ0) is 18.4. The summed E-state index contributed by atoms with van der Waals surface area (Å²) in [6, 6.07) is 8.93. The Balaban J connectivity index is 2.11. The summed E-state index contributed by atoms with van der Waals surface area (Å²) < 4.78 is 16.3. The van der Waals surface area contributed by atoms with Gasteiger partial charge in [-0.05, 0) is 39.2 Å². The van der Waals surface area contributed by atoms with Crippen LogP contribution in [0, 0.1) is 0 Å². The number of amides is 1. The molecular weight excluding hydrogens is 322 g/mol. The first kappa shape index (κ1) is 19.2. The fourth-order valence-electron chi connectivity index (χ4n) is 2.84. The molecule has 1 aromatic carbocycles. The predicted molar refractivity (Wildman–Crippen MR) is 93.0 cm³/mol. The van der Waals surface area contributed by atoms with E-state index in [-0.39, 0.29) is 0 Å². The third kappa shape index (κ3) is 5.46. The summed E-state index contributed by atoms with van der Waals surface area (Å²) in [5.74, 6) is -0.483. The van der Waals surface area contributed by atoms with Crippen molar-refractivity contribution in [1.82, 2.24) is 4.90 Å². The van der Waals surface area contributed by atoms with Crippen molar-refractivity contribution in [2.75, 3.05) is 13.7 Å². The first-order chi connectivity index (χ1) is 11.8. The Morgan fingerprint density at radius 3 is 2.48 bits per heavy atom. The standard InChI is InChI=1S/C19H27NO5/c1-19(2,3)25-18(22)20-12-8-11-15(16(20)17(21)23-4)24-13-14-9-6-5-7-10-14/h5-7,9-10,15-16H,8,11-13H2,1-4H3/t15-,16-/m1/s1. The van der Waals surface area contributed by atoms with E-state index in [0.717, 1.165) is 12.0 Å². The van der Waals surface area contributed by atoms with E-state index in [9.17, 15) is 9.59 Å². The lowest BCUT2D eigenvalue weighted by atomic mass is 9.99. The molecule has 0 aromatic heterocycles. The lowest BCUT2D eigenvalue weighted by Crippen LogP contribution is -2.57. The molecule has 0 spiro atoms. The minimum atomic E-state index is -0.794. The second-order valence-electron chi connectivity index (χ2n) is 7.12. The van der Waals surface area contributed by atoms with Crippen LogP contribution in [-0.4, -0.2) is 48.4 Å². The van der Waals surface area contributed by atoms with Crippen molar-refractivity contribution in [3.63, 3.8) is 0 Å². The molecule has 1 aliphatic heterocycles. The average Bonchev–Trinajstić information content (AvgIpc) is 2.58. The zero-order valence-electron chi connectivity index (χ0n) is 15.4. The molecule has 1 fully saturated rings. The molecule has 0 bridgehead atoms. The van der Waals surface area contributed by atoms with Gasteiger partial charge in [0, 0.05) is 6.54 Å². The Bertz CT molecular complexity index is 581. The summed E-state index contributed by atoms with van der Waals surface area (Å²) in [4.78, 5) is 26.2. The second kappa shape index (κ2) is 8.34. The smallest absolute Gasteiger partial charge is 0.411 e. The van der Waals surface area contributed by atoms with E-state index >= 15 is 0 Å². The molecule has 1 aliphatic rings. The molecule has 1 saturated heterocycles. The minimum Gasteiger partial charge on any atom is -0.467 e. The van der Waals surface area contributed by atoms with E-state index in [1.807, 2.05) is 30.3 Å². The molecule has 1 amide bonds. The van der Waals surface area contributed by atoms with Gasteiger partial charge < -0.3 is 14.2 Å². The Labute approximate surface area is 149 Å². The van der Waals surface area contributed by atoms with Crippen LogP contribution in [-0.2, 0) is 25.6 Å². The van der Waals surface area contributed by atoms with E-state index in [0.29, 0.717) is 19.6 Å². The van der Waals surface area contributed by atoms with E-state index < -0.39 is 29.8 Å². The van der Waals surface area contributed by atoms with E-state index in [4.69, 9.17) is 14.2 Å². The summed E-state index contributed by atoms with van der Waals surface area (Å²) >= 11 is 0. The zero-order valence-corrected chi connectivity index (χ0v) is 15.4. The average molecular weight is 349 g/mol. The Morgan fingerprint density at radius 2 is 1.88 bits per heavy atom. The van der Waals surface area contributed by atoms with Gasteiger partial charge in [0.1, 0.15) is 5.60 Å². The van der Waals surface area contributed by atoms with Crippen LogP contribution in [0.3, 0.4) is 0 Å². The predicted octanol–water partition coefficient (Wildman–Crippen LogP) is 3.14. The van der Waals surface area contributed by atoms with Crippen LogP contribution in [0.2, 0.25) is 0 Å². The van der Waals surface area contributed by atoms with Crippen LogP contribution in [0.4, 0.5) is 4.79 Å². The van der Waals surface area contributed by atoms with Crippen LogP contribution in [0.15, 0.2) is 30.3 Å². The highest BCUT2D eigenvalue weighted by atomic mass is 16.6. The first-order valence-corrected chi connectivity index (χ1v) is 8.55. The number of esters is 1. The number of benzene rings is 1. The quantitative estimate of drug-likeness (QED) is 0.781. The Morgan fingerprint density at radius 1 is 1.20 bits per heavy atom. The number of methoxy groups -OCH3 is 1. The highest BCUT2D eigenvalue weighted by molar-refractivity contribution is 5.82. The van der Waals surface area contributed by atoms with Gasteiger partial charge in [-0.1, -0.05) is 30.3 Å². The van der Waals surface area contributed by atoms with Crippen molar-refractivity contribution in [2.45, 2.75) is 58.0 Å². The topological polar surface area (TPSA) is 65.1 Å². The number of carbonyl (C=O) groups excluding carboxylic acids is 2. The van der Waals surface area contributed by atoms with Crippen molar-refractivity contribution in [3.05, 3.63) is 35.9 Å². The van der Waals surface area contributed by atoms with E-state index in [2.05, 4.69) is 0 Å². The van der Waals surface area contributed by atoms with Gasteiger partial charge in [-0.25, -0.2) is 9.59 Å². The maximum Gasteiger partial charge on any atom is 0.411 e. The molecule has 0 saturated carbocycles. The molecular formula is C19H27NO5. The van der Waals surface area contributed by atoms with Gasteiger partial charge in [0.2, 0.25) is 0 Å². The molecule has 0 N–H and O–H groups in total. The van der Waals surface area contributed by atoms with Crippen LogP contribution >= 0.6 is 0 Å². The number of likely N-dealkylation sites (tertiary alicyclic amines) is 1. The van der Waals surface area contributed by atoms with E-state index in [1.165, 1.54) is 12.0 Å². The van der Waals surface area contributed by atoms with Crippen LogP contribution < -0.4 is 0 Å². The van der Waals surface area contributed by atoms with Crippen molar-refractivity contribution < 1.29 is 23.8 Å². The summed E-state index contributed by atoms with van der Waals surface area (Å²) in [5, 5.41) is 0.